The normalized spacial score (nSPS) is 13.5. The summed E-state index contributed by atoms with van der Waals surface area (Å²) in [5.74, 6) is 3.54. The standard InChI is InChI=1S/4C24H51O2PS2.Mo/c4*1-3-5-7-9-11-13-15-17-19-21-23-26-27(25,28)29-24-22-20-18-16-14-12-10-8-6-4-2;/h4*3-24H2,1-2H3,(H,25,28);/q;;;;+4/p-4. The van der Waals surface area contributed by atoms with Gasteiger partial charge >= 0.3 is 21.1 Å². The van der Waals surface area contributed by atoms with E-state index in [1.165, 1.54) is 508 Å². The van der Waals surface area contributed by atoms with E-state index in [0.717, 1.165) is 74.4 Å². The van der Waals surface area contributed by atoms with Crippen molar-refractivity contribution in [1.29, 1.82) is 0 Å². The van der Waals surface area contributed by atoms with E-state index in [-0.39, 0.29) is 21.1 Å². The molecule has 0 aromatic carbocycles. The largest absolute Gasteiger partial charge is 4.00 e. The minimum atomic E-state index is -2.85. The third kappa shape index (κ3) is 125. The van der Waals surface area contributed by atoms with Gasteiger partial charge in [-0.05, 0) is 74.4 Å². The van der Waals surface area contributed by atoms with Crippen LogP contribution in [0.25, 0.3) is 0 Å². The molecule has 0 aliphatic rings. The van der Waals surface area contributed by atoms with Gasteiger partial charge in [-0.25, -0.2) is 0 Å². The van der Waals surface area contributed by atoms with Crippen LogP contribution in [0.15, 0.2) is 0 Å². The summed E-state index contributed by atoms with van der Waals surface area (Å²) < 4.78 is 22.1. The Hall–Kier alpha value is 4.37. The number of rotatable bonds is 96. The Kier molecular flexibility index (Phi) is 123. The number of hydrogen-bond donors (Lipinski definition) is 0. The van der Waals surface area contributed by atoms with Crippen LogP contribution in [-0.2, 0) is 86.4 Å². The maximum Gasteiger partial charge on any atom is 4.00 e. The summed E-state index contributed by atoms with van der Waals surface area (Å²) in [4.78, 5) is 49.2. The summed E-state index contributed by atoms with van der Waals surface area (Å²) in [5.41, 5.74) is -11.4. The average molecular weight is 1960 g/mol. The van der Waals surface area contributed by atoms with Gasteiger partial charge in [0.15, 0.2) is 0 Å². The van der Waals surface area contributed by atoms with Crippen molar-refractivity contribution in [1.82, 2.24) is 0 Å². The maximum absolute atomic E-state index is 12.3. The Labute approximate surface area is 785 Å². The summed E-state index contributed by atoms with van der Waals surface area (Å²) in [6, 6.07) is 0. The molecule has 4 atom stereocenters. The predicted octanol–water partition coefficient (Wildman–Crippen LogP) is 36.6. The second-order valence-corrected chi connectivity index (χ2v) is 58.6. The minimum Gasteiger partial charge on any atom is -0.793 e. The van der Waals surface area contributed by atoms with Crippen molar-refractivity contribution >= 4 is 116 Å². The van der Waals surface area contributed by atoms with Crippen molar-refractivity contribution in [2.45, 2.75) is 569 Å². The summed E-state index contributed by atoms with van der Waals surface area (Å²) in [6.07, 6.45) is 105. The Morgan fingerprint density at radius 2 is 0.239 bits per heavy atom. The van der Waals surface area contributed by atoms with E-state index in [4.69, 9.17) is 65.3 Å². The van der Waals surface area contributed by atoms with Gasteiger partial charge in [-0.1, -0.05) is 565 Å². The van der Waals surface area contributed by atoms with E-state index in [1.807, 2.05) is 0 Å². The van der Waals surface area contributed by atoms with Crippen LogP contribution in [0.1, 0.15) is 569 Å². The Balaban J connectivity index is -0.000000475. The number of unbranched alkanes of at least 4 members (excludes halogenated alkanes) is 72. The fraction of sp³-hybridized carbons (Fsp3) is 1.00. The van der Waals surface area contributed by atoms with Gasteiger partial charge in [0.2, 0.25) is 0 Å². The topological polar surface area (TPSA) is 129 Å². The molecule has 21 heteroatoms. The second kappa shape index (κ2) is 111. The van der Waals surface area contributed by atoms with Crippen LogP contribution in [0.4, 0.5) is 0 Å². The van der Waals surface area contributed by atoms with Gasteiger partial charge in [0, 0.05) is 22.8 Å². The molecule has 0 aromatic rings. The van der Waals surface area contributed by atoms with Gasteiger partial charge < -0.3 is 37.7 Å². The predicted molar refractivity (Wildman–Crippen MR) is 546 cm³/mol. The van der Waals surface area contributed by atoms with E-state index < -0.39 is 22.8 Å². The molecular formula is C96H200MoO8P4S8. The molecule has 0 aliphatic carbocycles. The molecule has 0 amide bonds. The van der Waals surface area contributed by atoms with E-state index in [9.17, 15) is 19.6 Å². The molecule has 0 N–H and O–H groups in total. The Bertz CT molecular complexity index is 1630. The first-order valence-corrected chi connectivity index (χ1v) is 67.8. The van der Waals surface area contributed by atoms with Crippen molar-refractivity contribution in [3.05, 3.63) is 0 Å². The van der Waals surface area contributed by atoms with Crippen LogP contribution < -0.4 is 19.6 Å². The van der Waals surface area contributed by atoms with E-state index >= 15 is 0 Å². The second-order valence-electron chi connectivity index (χ2n) is 33.9. The molecule has 0 aromatic heterocycles. The zero-order valence-electron chi connectivity index (χ0n) is 79.0. The van der Waals surface area contributed by atoms with Crippen LogP contribution in [0.5, 0.6) is 0 Å². The molecule has 0 spiro atoms. The van der Waals surface area contributed by atoms with Gasteiger partial charge in [0.25, 0.3) is 0 Å². The van der Waals surface area contributed by atoms with Crippen molar-refractivity contribution in [3.8, 4) is 0 Å². The van der Waals surface area contributed by atoms with Gasteiger partial charge in [0.05, 0.1) is 26.4 Å². The third-order valence-corrected chi connectivity index (χ3v) is 39.4. The van der Waals surface area contributed by atoms with Crippen LogP contribution in [0.2, 0.25) is 0 Å². The molecule has 0 rings (SSSR count). The van der Waals surface area contributed by atoms with Gasteiger partial charge in [0.1, 0.15) is 0 Å². The molecule has 0 radical (unpaired) electrons. The molecule has 0 fully saturated rings. The smallest absolute Gasteiger partial charge is 0.793 e. The summed E-state index contributed by atoms with van der Waals surface area (Å²) in [7, 11) is 0. The summed E-state index contributed by atoms with van der Waals surface area (Å²) >= 11 is 26.3. The first-order chi connectivity index (χ1) is 56.5. The molecule has 117 heavy (non-hydrogen) atoms. The van der Waals surface area contributed by atoms with E-state index in [1.54, 1.807) is 0 Å². The molecule has 0 aliphatic heterocycles. The molecular weight excluding hydrogens is 1760 g/mol. The van der Waals surface area contributed by atoms with Crippen molar-refractivity contribution < 1.29 is 58.7 Å². The Morgan fingerprint density at radius 3 is 0.342 bits per heavy atom. The van der Waals surface area contributed by atoms with Crippen LogP contribution in [0.3, 0.4) is 0 Å². The van der Waals surface area contributed by atoms with E-state index in [2.05, 4.69) is 55.4 Å². The van der Waals surface area contributed by atoms with Gasteiger partial charge in [-0.15, -0.1) is 45.5 Å². The monoisotopic (exact) mass is 1960 g/mol. The zero-order chi connectivity index (χ0) is 85.9. The molecule has 706 valence electrons. The van der Waals surface area contributed by atoms with Gasteiger partial charge in [-0.2, -0.15) is 0 Å². The minimum absolute atomic E-state index is 0. The first-order valence-electron chi connectivity index (χ1n) is 50.9. The van der Waals surface area contributed by atoms with Gasteiger partial charge in [-0.3, -0.25) is 0 Å². The van der Waals surface area contributed by atoms with Crippen molar-refractivity contribution in [2.24, 2.45) is 0 Å². The average Bonchev–Trinajstić information content (AvgIpc) is 0.959. The summed E-state index contributed by atoms with van der Waals surface area (Å²) in [5, 5.41) is 0. The molecule has 4 unspecified atom stereocenters. The molecule has 0 heterocycles. The van der Waals surface area contributed by atoms with Crippen molar-refractivity contribution in [3.63, 3.8) is 0 Å². The molecule has 8 nitrogen and oxygen atoms in total. The number of hydrogen-bond acceptors (Lipinski definition) is 16. The maximum atomic E-state index is 12.3. The molecule has 0 saturated carbocycles. The molecule has 0 bridgehead atoms. The quantitative estimate of drug-likeness (QED) is 0.0325. The first kappa shape index (κ1) is 130. The van der Waals surface area contributed by atoms with Crippen molar-refractivity contribution in [2.75, 3.05) is 49.4 Å². The molecule has 0 saturated heterocycles. The summed E-state index contributed by atoms with van der Waals surface area (Å²) in [6.45, 7) is 20.4. The SMILES string of the molecule is CCCCCCCCCCCCOP([O-])(=S)SCCCCCCCCCCCC.CCCCCCCCCCCCOP([O-])(=S)SCCCCCCCCCCCC.CCCCCCCCCCCCOP([O-])(=S)SCCCCCCCCCCCC.CCCCCCCCCCCCOP([O-])(=S)SCCCCCCCCCCCC.[Mo+4]. The van der Waals surface area contributed by atoms with Crippen LogP contribution >= 0.6 is 68.3 Å². The zero-order valence-corrected chi connectivity index (χ0v) is 91.1. The fourth-order valence-corrected chi connectivity index (χ4v) is 27.8. The van der Waals surface area contributed by atoms with Crippen LogP contribution in [-0.4, -0.2) is 49.4 Å². The third-order valence-electron chi connectivity index (χ3n) is 22.0. The van der Waals surface area contributed by atoms with E-state index in [0.29, 0.717) is 26.4 Å². The Morgan fingerprint density at radius 1 is 0.154 bits per heavy atom. The fourth-order valence-electron chi connectivity index (χ4n) is 14.3. The van der Waals surface area contributed by atoms with Crippen LogP contribution in [0, 0.1) is 0 Å².